The molecule has 0 N–H and O–H groups in total. The van der Waals surface area contributed by atoms with E-state index in [2.05, 4.69) is 33.1 Å². The quantitative estimate of drug-likeness (QED) is 0.552. The van der Waals surface area contributed by atoms with Crippen LogP contribution in [0.15, 0.2) is 42.6 Å². The Labute approximate surface area is 193 Å². The highest BCUT2D eigenvalue weighted by molar-refractivity contribution is 5.78. The Hall–Kier alpha value is -3.19. The molecule has 1 fully saturated rings. The number of aromatic nitrogens is 2. The number of pyridine rings is 2. The molecule has 0 unspecified atom stereocenters. The van der Waals surface area contributed by atoms with Crippen LogP contribution in [0.3, 0.4) is 0 Å². The summed E-state index contributed by atoms with van der Waals surface area (Å²) >= 11 is 0. The van der Waals surface area contributed by atoms with Gasteiger partial charge in [-0.2, -0.15) is 0 Å². The van der Waals surface area contributed by atoms with E-state index in [1.54, 1.807) is 13.2 Å². The third kappa shape index (κ3) is 4.93. The van der Waals surface area contributed by atoms with Crippen molar-refractivity contribution in [3.05, 3.63) is 59.5 Å². The number of halogens is 1. The van der Waals surface area contributed by atoms with Gasteiger partial charge in [-0.1, -0.05) is 18.2 Å². The van der Waals surface area contributed by atoms with E-state index < -0.39 is 0 Å². The number of allylic oxidation sites excluding steroid dienone is 1. The van der Waals surface area contributed by atoms with Crippen LogP contribution in [-0.4, -0.2) is 54.8 Å². The van der Waals surface area contributed by atoms with Crippen molar-refractivity contribution in [1.29, 1.82) is 0 Å². The maximum absolute atomic E-state index is 14.6. The number of piperidine rings is 1. The molecule has 0 radical (unpaired) electrons. The van der Waals surface area contributed by atoms with Crippen LogP contribution in [0.5, 0.6) is 17.4 Å². The molecule has 33 heavy (non-hydrogen) atoms. The summed E-state index contributed by atoms with van der Waals surface area (Å²) < 4.78 is 31.0. The number of ether oxygens (including phenoxy) is 3. The molecule has 2 aliphatic rings. The summed E-state index contributed by atoms with van der Waals surface area (Å²) in [4.78, 5) is 11.0. The molecular weight excluding hydrogens is 421 g/mol. The molecule has 4 heterocycles. The van der Waals surface area contributed by atoms with E-state index in [1.807, 2.05) is 18.2 Å². The normalized spacial score (nSPS) is 17.0. The molecule has 2 aliphatic heterocycles. The van der Waals surface area contributed by atoms with Gasteiger partial charge < -0.3 is 19.1 Å². The van der Waals surface area contributed by atoms with Gasteiger partial charge in [0.15, 0.2) is 11.5 Å². The molecule has 5 rings (SSSR count). The van der Waals surface area contributed by atoms with Gasteiger partial charge in [0.25, 0.3) is 0 Å². The monoisotopic (exact) mass is 449 g/mol. The van der Waals surface area contributed by atoms with E-state index in [1.165, 1.54) is 6.20 Å². The molecule has 6 nitrogen and oxygen atoms in total. The van der Waals surface area contributed by atoms with E-state index in [0.29, 0.717) is 48.0 Å². The zero-order valence-corrected chi connectivity index (χ0v) is 18.8. The molecule has 0 bridgehead atoms. The molecule has 172 valence electrons. The maximum Gasteiger partial charge on any atom is 0.213 e. The van der Waals surface area contributed by atoms with Crippen molar-refractivity contribution >= 4 is 17.1 Å². The fourth-order valence-corrected chi connectivity index (χ4v) is 4.48. The average Bonchev–Trinajstić information content (AvgIpc) is 2.87. The van der Waals surface area contributed by atoms with Crippen LogP contribution in [0.25, 0.3) is 17.1 Å². The van der Waals surface area contributed by atoms with Crippen LogP contribution in [0.4, 0.5) is 4.39 Å². The smallest absolute Gasteiger partial charge is 0.213 e. The van der Waals surface area contributed by atoms with Crippen LogP contribution in [-0.2, 0) is 6.42 Å². The Bertz CT molecular complexity index is 1160. The fraction of sp³-hybridized carbons (Fsp3) is 0.385. The Morgan fingerprint density at radius 1 is 1.12 bits per heavy atom. The lowest BCUT2D eigenvalue weighted by Crippen LogP contribution is -2.34. The highest BCUT2D eigenvalue weighted by Gasteiger charge is 2.19. The van der Waals surface area contributed by atoms with Gasteiger partial charge in [0.05, 0.1) is 24.3 Å². The molecule has 1 saturated heterocycles. The lowest BCUT2D eigenvalue weighted by Gasteiger charge is -2.30. The number of hydrogen-bond acceptors (Lipinski definition) is 6. The van der Waals surface area contributed by atoms with Gasteiger partial charge in [0, 0.05) is 18.2 Å². The minimum atomic E-state index is -0.305. The maximum atomic E-state index is 14.6. The second kappa shape index (κ2) is 9.75. The Balaban J connectivity index is 1.17. The molecule has 0 saturated carbocycles. The highest BCUT2D eigenvalue weighted by atomic mass is 19.1. The molecule has 1 aromatic carbocycles. The van der Waals surface area contributed by atoms with Crippen molar-refractivity contribution in [3.63, 3.8) is 0 Å². The molecule has 3 aromatic rings. The minimum absolute atomic E-state index is 0.305. The number of fused-ring (bicyclic) bond motifs is 2. The Morgan fingerprint density at radius 2 is 1.94 bits per heavy atom. The predicted octanol–water partition coefficient (Wildman–Crippen LogP) is 4.52. The molecule has 0 amide bonds. The summed E-state index contributed by atoms with van der Waals surface area (Å²) in [6, 6.07) is 9.65. The molecule has 7 heteroatoms. The molecule has 0 aliphatic carbocycles. The Kier molecular flexibility index (Phi) is 6.39. The molecular formula is C26H28FN3O3. The summed E-state index contributed by atoms with van der Waals surface area (Å²) in [5.41, 5.74) is 3.02. The van der Waals surface area contributed by atoms with Crippen molar-refractivity contribution in [2.75, 3.05) is 40.0 Å². The summed E-state index contributed by atoms with van der Waals surface area (Å²) in [5, 5.41) is 0. The number of hydrogen-bond donors (Lipinski definition) is 0. The van der Waals surface area contributed by atoms with Gasteiger partial charge in [-0.25, -0.2) is 9.37 Å². The molecule has 0 spiro atoms. The topological polar surface area (TPSA) is 56.7 Å². The van der Waals surface area contributed by atoms with Crippen LogP contribution in [0.2, 0.25) is 0 Å². The summed E-state index contributed by atoms with van der Waals surface area (Å²) in [7, 11) is 1.56. The van der Waals surface area contributed by atoms with Gasteiger partial charge in [-0.15, -0.1) is 0 Å². The van der Waals surface area contributed by atoms with Gasteiger partial charge in [0.2, 0.25) is 5.88 Å². The van der Waals surface area contributed by atoms with E-state index in [0.717, 1.165) is 49.5 Å². The first kappa shape index (κ1) is 21.6. The SMILES string of the molecule is COc1ccc2ncc(F)c(CCN3CCC(/C=C/c4ccc5c(c4)OCCO5)CC3)c2n1. The number of methoxy groups -OCH3 is 1. The lowest BCUT2D eigenvalue weighted by atomic mass is 9.95. The lowest BCUT2D eigenvalue weighted by molar-refractivity contribution is 0.171. The first-order valence-electron chi connectivity index (χ1n) is 11.5. The first-order chi connectivity index (χ1) is 16.2. The van der Waals surface area contributed by atoms with Crippen LogP contribution < -0.4 is 14.2 Å². The second-order valence-electron chi connectivity index (χ2n) is 8.50. The summed E-state index contributed by atoms with van der Waals surface area (Å²) in [6.45, 7) is 4.00. The van der Waals surface area contributed by atoms with Crippen LogP contribution in [0, 0.1) is 11.7 Å². The largest absolute Gasteiger partial charge is 0.486 e. The molecule has 0 atom stereocenters. The standard InChI is InChI=1S/C26H28FN3O3/c1-31-25-7-5-22-26(29-25)20(21(27)17-28-22)10-13-30-11-8-18(9-12-30)2-3-19-4-6-23-24(16-19)33-15-14-32-23/h2-7,16-18H,8-15H2,1H3/b3-2+. The van der Waals surface area contributed by atoms with Crippen LogP contribution in [0.1, 0.15) is 24.0 Å². The van der Waals surface area contributed by atoms with Gasteiger partial charge in [-0.05, 0) is 62.0 Å². The number of benzene rings is 1. The highest BCUT2D eigenvalue weighted by Crippen LogP contribution is 2.31. The third-order valence-electron chi connectivity index (χ3n) is 6.39. The minimum Gasteiger partial charge on any atom is -0.486 e. The van der Waals surface area contributed by atoms with E-state index in [-0.39, 0.29) is 5.82 Å². The summed E-state index contributed by atoms with van der Waals surface area (Å²) in [6.07, 6.45) is 8.55. The van der Waals surface area contributed by atoms with Crippen molar-refractivity contribution < 1.29 is 18.6 Å². The van der Waals surface area contributed by atoms with Gasteiger partial charge >= 0.3 is 0 Å². The number of rotatable bonds is 6. The third-order valence-corrected chi connectivity index (χ3v) is 6.39. The Morgan fingerprint density at radius 3 is 2.76 bits per heavy atom. The fourth-order valence-electron chi connectivity index (χ4n) is 4.48. The second-order valence-corrected chi connectivity index (χ2v) is 8.50. The van der Waals surface area contributed by atoms with E-state index in [4.69, 9.17) is 14.2 Å². The van der Waals surface area contributed by atoms with Crippen LogP contribution >= 0.6 is 0 Å². The summed E-state index contributed by atoms with van der Waals surface area (Å²) in [5.74, 6) is 2.35. The van der Waals surface area contributed by atoms with Crippen molar-refractivity contribution in [2.24, 2.45) is 5.92 Å². The van der Waals surface area contributed by atoms with Gasteiger partial charge in [0.1, 0.15) is 19.0 Å². The van der Waals surface area contributed by atoms with Crippen molar-refractivity contribution in [3.8, 4) is 17.4 Å². The first-order valence-corrected chi connectivity index (χ1v) is 11.5. The van der Waals surface area contributed by atoms with Gasteiger partial charge in [-0.3, -0.25) is 4.98 Å². The molecule has 2 aromatic heterocycles. The van der Waals surface area contributed by atoms with E-state index >= 15 is 0 Å². The predicted molar refractivity (Wildman–Crippen MR) is 125 cm³/mol. The zero-order valence-electron chi connectivity index (χ0n) is 18.8. The average molecular weight is 450 g/mol. The zero-order chi connectivity index (χ0) is 22.6. The van der Waals surface area contributed by atoms with E-state index in [9.17, 15) is 4.39 Å². The van der Waals surface area contributed by atoms with Crippen molar-refractivity contribution in [2.45, 2.75) is 19.3 Å². The number of likely N-dealkylation sites (tertiary alicyclic amines) is 1. The van der Waals surface area contributed by atoms with Crippen molar-refractivity contribution in [1.82, 2.24) is 14.9 Å². The number of nitrogens with zero attached hydrogens (tertiary/aromatic N) is 3.